The quantitative estimate of drug-likeness (QED) is 0.782. The predicted octanol–water partition coefficient (Wildman–Crippen LogP) is 2.77. The molecule has 0 spiro atoms. The molecular weight excluding hydrogens is 250 g/mol. The van der Waals surface area contributed by atoms with Crippen LogP contribution >= 0.6 is 11.6 Å². The Balaban J connectivity index is 3.03. The van der Waals surface area contributed by atoms with Gasteiger partial charge in [0.05, 0.1) is 12.6 Å². The molecule has 0 aliphatic rings. The van der Waals surface area contributed by atoms with Crippen molar-refractivity contribution in [1.29, 1.82) is 0 Å². The first-order valence-corrected chi connectivity index (χ1v) is 6.57. The maximum absolute atomic E-state index is 10.8. The van der Waals surface area contributed by atoms with Crippen molar-refractivity contribution in [3.63, 3.8) is 0 Å². The van der Waals surface area contributed by atoms with Gasteiger partial charge < -0.3 is 15.2 Å². The number of nitrogens with one attached hydrogen (secondary N) is 1. The standard InChI is InChI=1S/C14H22ClNO2/c1-10(2)9-18-14(17,11(3)16-4)12-6-5-7-13(15)8-12/h5-8,10-11,16-17H,9H2,1-4H3/t11-,14+/m0/s1. The van der Waals surface area contributed by atoms with Gasteiger partial charge in [-0.05, 0) is 32.0 Å². The minimum Gasteiger partial charge on any atom is -0.361 e. The summed E-state index contributed by atoms with van der Waals surface area (Å²) < 4.78 is 5.72. The third-order valence-electron chi connectivity index (χ3n) is 2.89. The van der Waals surface area contributed by atoms with Crippen LogP contribution in [0.3, 0.4) is 0 Å². The Bertz CT molecular complexity index is 384. The number of halogens is 1. The molecule has 0 aromatic heterocycles. The maximum atomic E-state index is 10.8. The van der Waals surface area contributed by atoms with Crippen LogP contribution in [0.4, 0.5) is 0 Å². The molecule has 0 aliphatic carbocycles. The molecule has 4 heteroatoms. The lowest BCUT2D eigenvalue weighted by atomic mass is 9.99. The van der Waals surface area contributed by atoms with Crippen LogP contribution in [0.1, 0.15) is 26.3 Å². The van der Waals surface area contributed by atoms with Crippen molar-refractivity contribution in [2.75, 3.05) is 13.7 Å². The van der Waals surface area contributed by atoms with E-state index < -0.39 is 5.79 Å². The van der Waals surface area contributed by atoms with Crippen molar-refractivity contribution >= 4 is 11.6 Å². The molecule has 0 radical (unpaired) electrons. The van der Waals surface area contributed by atoms with Gasteiger partial charge in [-0.3, -0.25) is 0 Å². The number of aliphatic hydroxyl groups is 1. The van der Waals surface area contributed by atoms with Gasteiger partial charge in [0.1, 0.15) is 0 Å². The SMILES string of the molecule is CN[C@@H](C)[C@@](O)(OCC(C)C)c1cccc(Cl)c1. The van der Waals surface area contributed by atoms with Crippen LogP contribution in [-0.2, 0) is 10.5 Å². The summed E-state index contributed by atoms with van der Waals surface area (Å²) in [7, 11) is 1.79. The topological polar surface area (TPSA) is 41.5 Å². The molecule has 1 rings (SSSR count). The van der Waals surface area contributed by atoms with E-state index in [1.165, 1.54) is 0 Å². The Labute approximate surface area is 114 Å². The van der Waals surface area contributed by atoms with Gasteiger partial charge >= 0.3 is 0 Å². The highest BCUT2D eigenvalue weighted by molar-refractivity contribution is 6.30. The molecule has 18 heavy (non-hydrogen) atoms. The minimum absolute atomic E-state index is 0.241. The second-order valence-electron chi connectivity index (χ2n) is 4.92. The van der Waals surface area contributed by atoms with Crippen molar-refractivity contribution in [2.45, 2.75) is 32.6 Å². The van der Waals surface area contributed by atoms with E-state index in [1.54, 1.807) is 19.2 Å². The first-order chi connectivity index (χ1) is 8.40. The summed E-state index contributed by atoms with van der Waals surface area (Å²) in [6.07, 6.45) is 0. The zero-order valence-electron chi connectivity index (χ0n) is 11.4. The van der Waals surface area contributed by atoms with Crippen LogP contribution in [-0.4, -0.2) is 24.8 Å². The molecule has 1 aromatic rings. The highest BCUT2D eigenvalue weighted by Gasteiger charge is 2.36. The van der Waals surface area contributed by atoms with Crippen LogP contribution in [0.5, 0.6) is 0 Å². The molecule has 0 aliphatic heterocycles. The Morgan fingerprint density at radius 2 is 2.06 bits per heavy atom. The van der Waals surface area contributed by atoms with Gasteiger partial charge in [0.25, 0.3) is 0 Å². The third-order valence-corrected chi connectivity index (χ3v) is 3.13. The number of benzene rings is 1. The van der Waals surface area contributed by atoms with Gasteiger partial charge in [-0.2, -0.15) is 0 Å². The zero-order chi connectivity index (χ0) is 13.8. The molecule has 0 saturated carbocycles. The van der Waals surface area contributed by atoms with Gasteiger partial charge in [0.2, 0.25) is 5.79 Å². The molecule has 0 fully saturated rings. The Hall–Kier alpha value is -0.610. The number of hydrogen-bond donors (Lipinski definition) is 2. The molecule has 0 bridgehead atoms. The molecule has 102 valence electrons. The van der Waals surface area contributed by atoms with E-state index in [0.29, 0.717) is 23.1 Å². The van der Waals surface area contributed by atoms with Crippen LogP contribution in [0, 0.1) is 5.92 Å². The molecule has 0 heterocycles. The average molecular weight is 272 g/mol. The molecule has 2 N–H and O–H groups in total. The van der Waals surface area contributed by atoms with Gasteiger partial charge in [-0.15, -0.1) is 0 Å². The molecule has 3 nitrogen and oxygen atoms in total. The lowest BCUT2D eigenvalue weighted by Gasteiger charge is -2.35. The predicted molar refractivity (Wildman–Crippen MR) is 74.7 cm³/mol. The number of rotatable bonds is 6. The zero-order valence-corrected chi connectivity index (χ0v) is 12.2. The van der Waals surface area contributed by atoms with Crippen molar-refractivity contribution in [3.05, 3.63) is 34.9 Å². The second kappa shape index (κ2) is 6.53. The van der Waals surface area contributed by atoms with Crippen LogP contribution in [0.2, 0.25) is 5.02 Å². The Kier molecular flexibility index (Phi) is 5.60. The van der Waals surface area contributed by atoms with E-state index in [1.807, 2.05) is 32.9 Å². The van der Waals surface area contributed by atoms with Crippen LogP contribution in [0.25, 0.3) is 0 Å². The van der Waals surface area contributed by atoms with Gasteiger partial charge in [-0.25, -0.2) is 0 Å². The number of hydrogen-bond acceptors (Lipinski definition) is 3. The highest BCUT2D eigenvalue weighted by atomic mass is 35.5. The smallest absolute Gasteiger partial charge is 0.208 e. The van der Waals surface area contributed by atoms with E-state index >= 15 is 0 Å². The first-order valence-electron chi connectivity index (χ1n) is 6.19. The lowest BCUT2D eigenvalue weighted by molar-refractivity contribution is -0.233. The Morgan fingerprint density at radius 1 is 1.39 bits per heavy atom. The summed E-state index contributed by atoms with van der Waals surface area (Å²) >= 11 is 5.97. The third kappa shape index (κ3) is 3.69. The van der Waals surface area contributed by atoms with E-state index in [2.05, 4.69) is 5.32 Å². The first kappa shape index (κ1) is 15.4. The Morgan fingerprint density at radius 3 is 2.56 bits per heavy atom. The summed E-state index contributed by atoms with van der Waals surface area (Å²) in [6.45, 7) is 6.45. The summed E-state index contributed by atoms with van der Waals surface area (Å²) in [5, 5.41) is 14.4. The highest BCUT2D eigenvalue weighted by Crippen LogP contribution is 2.29. The van der Waals surface area contributed by atoms with Crippen LogP contribution < -0.4 is 5.32 Å². The fourth-order valence-corrected chi connectivity index (χ4v) is 1.85. The molecule has 1 aromatic carbocycles. The second-order valence-corrected chi connectivity index (χ2v) is 5.36. The summed E-state index contributed by atoms with van der Waals surface area (Å²) in [5.74, 6) is -1.02. The van der Waals surface area contributed by atoms with E-state index in [4.69, 9.17) is 16.3 Å². The van der Waals surface area contributed by atoms with E-state index in [-0.39, 0.29) is 6.04 Å². The molecule has 0 amide bonds. The number of likely N-dealkylation sites (N-methyl/N-ethyl adjacent to an activating group) is 1. The molecule has 2 atom stereocenters. The molecular formula is C14H22ClNO2. The average Bonchev–Trinajstić information content (AvgIpc) is 2.34. The molecule has 0 saturated heterocycles. The van der Waals surface area contributed by atoms with Crippen molar-refractivity contribution in [3.8, 4) is 0 Å². The van der Waals surface area contributed by atoms with Crippen molar-refractivity contribution < 1.29 is 9.84 Å². The monoisotopic (exact) mass is 271 g/mol. The molecule has 0 unspecified atom stereocenters. The lowest BCUT2D eigenvalue weighted by Crippen LogP contribution is -2.48. The largest absolute Gasteiger partial charge is 0.361 e. The van der Waals surface area contributed by atoms with E-state index in [9.17, 15) is 5.11 Å². The normalized spacial score (nSPS) is 16.6. The summed E-state index contributed by atoms with van der Waals surface area (Å²) in [6, 6.07) is 6.90. The van der Waals surface area contributed by atoms with E-state index in [0.717, 1.165) is 0 Å². The van der Waals surface area contributed by atoms with Gasteiger partial charge in [0.15, 0.2) is 0 Å². The fourth-order valence-electron chi connectivity index (χ4n) is 1.66. The van der Waals surface area contributed by atoms with Gasteiger partial charge in [0, 0.05) is 10.6 Å². The van der Waals surface area contributed by atoms with Crippen molar-refractivity contribution in [1.82, 2.24) is 5.32 Å². The summed E-state index contributed by atoms with van der Waals surface area (Å²) in [4.78, 5) is 0. The van der Waals surface area contributed by atoms with Crippen molar-refractivity contribution in [2.24, 2.45) is 5.92 Å². The van der Waals surface area contributed by atoms with Crippen LogP contribution in [0.15, 0.2) is 24.3 Å². The fraction of sp³-hybridized carbons (Fsp3) is 0.571. The maximum Gasteiger partial charge on any atom is 0.208 e. The number of ether oxygens (including phenoxy) is 1. The van der Waals surface area contributed by atoms with Gasteiger partial charge in [-0.1, -0.05) is 37.6 Å². The summed E-state index contributed by atoms with van der Waals surface area (Å²) in [5.41, 5.74) is 0.664. The minimum atomic E-state index is -1.37.